The Morgan fingerprint density at radius 3 is 1.95 bits per heavy atom. The standard InChI is InChI=1S/C30H32Cl3F3N2O4S2/c1-18(2)14-37(29(40)22-5-7-25(8-6-22)43-30(34,35)36)16-20-9-21(11-23(31)10-20)17-38(15-19(3)4)44(41,42)27-13-24(32)12-26(33)28(27)39/h5-13,18-19,39H,14-17H2,1-4H3. The highest BCUT2D eigenvalue weighted by Crippen LogP contribution is 2.38. The van der Waals surface area contributed by atoms with Crippen LogP contribution in [0.25, 0.3) is 0 Å². The molecule has 0 saturated heterocycles. The van der Waals surface area contributed by atoms with Crippen LogP contribution in [-0.4, -0.2) is 47.2 Å². The third kappa shape index (κ3) is 10.2. The number of benzene rings is 3. The minimum absolute atomic E-state index is 0.0294. The number of phenolic OH excluding ortho intramolecular Hbond substituents is 1. The summed E-state index contributed by atoms with van der Waals surface area (Å²) >= 11 is 18.3. The summed E-state index contributed by atoms with van der Waals surface area (Å²) in [7, 11) is -4.26. The van der Waals surface area contributed by atoms with Gasteiger partial charge in [-0.1, -0.05) is 68.6 Å². The third-order valence-corrected chi connectivity index (χ3v) is 9.43. The number of carbonyl (C=O) groups is 1. The SMILES string of the molecule is CC(C)CN(Cc1cc(Cl)cc(CN(CC(C)C)S(=O)(=O)c2cc(Cl)cc(Cl)c2O)c1)C(=O)c1ccc(SC(F)(F)F)cc1. The molecule has 1 N–H and O–H groups in total. The summed E-state index contributed by atoms with van der Waals surface area (Å²) in [5.74, 6) is -0.993. The maximum atomic E-state index is 13.7. The lowest BCUT2D eigenvalue weighted by Gasteiger charge is -2.27. The Morgan fingerprint density at radius 1 is 0.864 bits per heavy atom. The van der Waals surface area contributed by atoms with Gasteiger partial charge in [0.1, 0.15) is 4.90 Å². The van der Waals surface area contributed by atoms with Crippen LogP contribution in [0.5, 0.6) is 5.75 Å². The van der Waals surface area contributed by atoms with Gasteiger partial charge in [-0.3, -0.25) is 4.79 Å². The summed E-state index contributed by atoms with van der Waals surface area (Å²) in [6, 6.07) is 12.6. The van der Waals surface area contributed by atoms with Gasteiger partial charge in [0, 0.05) is 46.7 Å². The molecule has 0 heterocycles. The summed E-state index contributed by atoms with van der Waals surface area (Å²) in [5, 5.41) is 10.6. The molecule has 0 aliphatic rings. The molecule has 3 aromatic carbocycles. The van der Waals surface area contributed by atoms with Gasteiger partial charge in [0.25, 0.3) is 5.91 Å². The first-order chi connectivity index (χ1) is 20.4. The van der Waals surface area contributed by atoms with Crippen LogP contribution in [-0.2, 0) is 23.1 Å². The van der Waals surface area contributed by atoms with Crippen LogP contribution in [0.15, 0.2) is 64.4 Å². The van der Waals surface area contributed by atoms with Crippen molar-refractivity contribution in [1.29, 1.82) is 0 Å². The highest BCUT2D eigenvalue weighted by molar-refractivity contribution is 8.00. The normalized spacial score (nSPS) is 12.4. The molecule has 0 unspecified atom stereocenters. The summed E-state index contributed by atoms with van der Waals surface area (Å²) in [6.07, 6.45) is 0. The minimum atomic E-state index is -4.44. The Kier molecular flexibility index (Phi) is 12.3. The maximum absolute atomic E-state index is 13.7. The molecule has 3 rings (SSSR count). The number of hydrogen-bond donors (Lipinski definition) is 1. The summed E-state index contributed by atoms with van der Waals surface area (Å²) in [4.78, 5) is 14.6. The quantitative estimate of drug-likeness (QED) is 0.190. The van der Waals surface area contributed by atoms with Crippen LogP contribution in [0, 0.1) is 11.8 Å². The van der Waals surface area contributed by atoms with Crippen molar-refractivity contribution in [2.75, 3.05) is 13.1 Å². The molecule has 6 nitrogen and oxygen atoms in total. The van der Waals surface area contributed by atoms with Crippen molar-refractivity contribution in [3.63, 3.8) is 0 Å². The Hall–Kier alpha value is -2.15. The van der Waals surface area contributed by atoms with Gasteiger partial charge in [0.05, 0.1) is 5.02 Å². The van der Waals surface area contributed by atoms with E-state index in [1.165, 1.54) is 34.6 Å². The number of carbonyl (C=O) groups excluding carboxylic acids is 1. The fraction of sp³-hybridized carbons (Fsp3) is 0.367. The summed E-state index contributed by atoms with van der Waals surface area (Å²) in [5.41, 5.74) is -3.05. The molecule has 240 valence electrons. The van der Waals surface area contributed by atoms with Crippen molar-refractivity contribution in [3.05, 3.63) is 86.4 Å². The zero-order valence-corrected chi connectivity index (χ0v) is 28.2. The molecule has 0 atom stereocenters. The topological polar surface area (TPSA) is 77.9 Å². The average molecular weight is 712 g/mol. The predicted molar refractivity (Wildman–Crippen MR) is 170 cm³/mol. The minimum Gasteiger partial charge on any atom is -0.505 e. The first-order valence-corrected chi connectivity index (χ1v) is 16.9. The van der Waals surface area contributed by atoms with E-state index < -0.39 is 26.2 Å². The van der Waals surface area contributed by atoms with E-state index >= 15 is 0 Å². The molecule has 3 aromatic rings. The number of hydrogen-bond acceptors (Lipinski definition) is 5. The molecule has 0 bridgehead atoms. The second kappa shape index (κ2) is 15.0. The van der Waals surface area contributed by atoms with E-state index in [0.717, 1.165) is 6.07 Å². The number of halogens is 6. The van der Waals surface area contributed by atoms with E-state index in [1.807, 2.05) is 27.7 Å². The van der Waals surface area contributed by atoms with Crippen LogP contribution >= 0.6 is 46.6 Å². The molecule has 0 aliphatic heterocycles. The second-order valence-corrected chi connectivity index (χ2v) is 15.4. The number of thioether (sulfide) groups is 1. The molecule has 0 saturated carbocycles. The van der Waals surface area contributed by atoms with Crippen molar-refractivity contribution < 1.29 is 31.5 Å². The molecule has 0 spiro atoms. The van der Waals surface area contributed by atoms with Crippen LogP contribution in [0.4, 0.5) is 13.2 Å². The van der Waals surface area contributed by atoms with Gasteiger partial charge in [-0.15, -0.1) is 0 Å². The number of nitrogens with zero attached hydrogens (tertiary/aromatic N) is 2. The molecular weight excluding hydrogens is 680 g/mol. The Labute approximate surface area is 275 Å². The lowest BCUT2D eigenvalue weighted by Crippen LogP contribution is -2.34. The molecule has 44 heavy (non-hydrogen) atoms. The molecule has 1 amide bonds. The van der Waals surface area contributed by atoms with Crippen LogP contribution < -0.4 is 0 Å². The van der Waals surface area contributed by atoms with E-state index in [4.69, 9.17) is 34.8 Å². The van der Waals surface area contributed by atoms with E-state index in [1.54, 1.807) is 23.1 Å². The van der Waals surface area contributed by atoms with Crippen molar-refractivity contribution in [2.45, 2.75) is 56.1 Å². The lowest BCUT2D eigenvalue weighted by molar-refractivity contribution is -0.0328. The maximum Gasteiger partial charge on any atom is 0.446 e. The Morgan fingerprint density at radius 2 is 1.41 bits per heavy atom. The fourth-order valence-electron chi connectivity index (χ4n) is 4.50. The highest BCUT2D eigenvalue weighted by atomic mass is 35.5. The van der Waals surface area contributed by atoms with Crippen molar-refractivity contribution >= 4 is 62.5 Å². The van der Waals surface area contributed by atoms with Gasteiger partial charge in [-0.25, -0.2) is 8.42 Å². The number of aromatic hydroxyl groups is 1. The lowest BCUT2D eigenvalue weighted by atomic mass is 10.1. The van der Waals surface area contributed by atoms with Crippen LogP contribution in [0.1, 0.15) is 49.2 Å². The molecule has 0 fully saturated rings. The van der Waals surface area contributed by atoms with Crippen molar-refractivity contribution in [2.24, 2.45) is 11.8 Å². The number of phenols is 1. The van der Waals surface area contributed by atoms with Gasteiger partial charge < -0.3 is 10.0 Å². The number of rotatable bonds is 12. The van der Waals surface area contributed by atoms with Gasteiger partial charge >= 0.3 is 5.51 Å². The number of alkyl halides is 3. The first-order valence-electron chi connectivity index (χ1n) is 13.5. The fourth-order valence-corrected chi connectivity index (χ4v) is 7.65. The highest BCUT2D eigenvalue weighted by Gasteiger charge is 2.31. The molecule has 0 aromatic heterocycles. The summed E-state index contributed by atoms with van der Waals surface area (Å²) in [6.45, 7) is 8.02. The summed E-state index contributed by atoms with van der Waals surface area (Å²) < 4.78 is 66.8. The smallest absolute Gasteiger partial charge is 0.446 e. The van der Waals surface area contributed by atoms with Gasteiger partial charge in [0.15, 0.2) is 5.75 Å². The molecule has 0 radical (unpaired) electrons. The third-order valence-electron chi connectivity index (χ3n) is 6.14. The van der Waals surface area contributed by atoms with Gasteiger partial charge in [-0.2, -0.15) is 17.5 Å². The molecule has 14 heteroatoms. The Balaban J connectivity index is 1.93. The monoisotopic (exact) mass is 710 g/mol. The molecule has 0 aliphatic carbocycles. The molecular formula is C30H32Cl3F3N2O4S2. The van der Waals surface area contributed by atoms with Crippen LogP contribution in [0.2, 0.25) is 15.1 Å². The number of sulfonamides is 1. The zero-order valence-electron chi connectivity index (χ0n) is 24.3. The van der Waals surface area contributed by atoms with Crippen molar-refractivity contribution in [1.82, 2.24) is 9.21 Å². The first kappa shape index (κ1) is 36.3. The van der Waals surface area contributed by atoms with Gasteiger partial charge in [-0.05, 0) is 83.3 Å². The zero-order chi connectivity index (χ0) is 33.0. The van der Waals surface area contributed by atoms with E-state index in [2.05, 4.69) is 0 Å². The largest absolute Gasteiger partial charge is 0.505 e. The van der Waals surface area contributed by atoms with E-state index in [9.17, 15) is 31.5 Å². The van der Waals surface area contributed by atoms with Gasteiger partial charge in [0.2, 0.25) is 10.0 Å². The predicted octanol–water partition coefficient (Wildman–Crippen LogP) is 9.11. The van der Waals surface area contributed by atoms with E-state index in [0.29, 0.717) is 22.7 Å². The second-order valence-electron chi connectivity index (χ2n) is 11.0. The van der Waals surface area contributed by atoms with E-state index in [-0.39, 0.29) is 69.6 Å². The average Bonchev–Trinajstić information content (AvgIpc) is 2.88. The van der Waals surface area contributed by atoms with Crippen molar-refractivity contribution in [3.8, 4) is 5.75 Å². The van der Waals surface area contributed by atoms with Crippen LogP contribution in [0.3, 0.4) is 0 Å². The Bertz CT molecular complexity index is 1590. The number of amides is 1.